The zero-order valence-corrected chi connectivity index (χ0v) is 11.0. The molecule has 15 heavy (non-hydrogen) atoms. The Hall–Kier alpha value is -0.410. The Labute approximate surface area is 101 Å². The summed E-state index contributed by atoms with van der Waals surface area (Å²) in [5, 5.41) is 0. The molecular formula is C8H9FINO3S. The van der Waals surface area contributed by atoms with Gasteiger partial charge >= 0.3 is 10.3 Å². The van der Waals surface area contributed by atoms with Gasteiger partial charge in [-0.05, 0) is 40.8 Å². The number of hydrogen-bond donors (Lipinski definition) is 0. The maximum Gasteiger partial charge on any atom is 0.384 e. The lowest BCUT2D eigenvalue weighted by molar-refractivity contribution is 0.408. The van der Waals surface area contributed by atoms with Crippen molar-refractivity contribution in [2.24, 2.45) is 0 Å². The molecular weight excluding hydrogens is 336 g/mol. The van der Waals surface area contributed by atoms with Gasteiger partial charge < -0.3 is 4.18 Å². The van der Waals surface area contributed by atoms with Gasteiger partial charge in [0.05, 0.1) is 0 Å². The molecule has 0 aromatic heterocycles. The molecule has 0 fully saturated rings. The molecule has 1 rings (SSSR count). The Morgan fingerprint density at radius 2 is 2.00 bits per heavy atom. The van der Waals surface area contributed by atoms with Crippen LogP contribution < -0.4 is 4.18 Å². The first-order valence-electron chi connectivity index (χ1n) is 3.90. The van der Waals surface area contributed by atoms with Crippen molar-refractivity contribution in [3.63, 3.8) is 0 Å². The van der Waals surface area contributed by atoms with Crippen molar-refractivity contribution in [1.82, 2.24) is 4.31 Å². The number of halogens is 2. The van der Waals surface area contributed by atoms with Crippen LogP contribution in [0.4, 0.5) is 4.39 Å². The fourth-order valence-corrected chi connectivity index (χ4v) is 1.70. The van der Waals surface area contributed by atoms with E-state index in [9.17, 15) is 12.8 Å². The highest BCUT2D eigenvalue weighted by Gasteiger charge is 2.18. The number of rotatable bonds is 3. The van der Waals surface area contributed by atoms with Crippen molar-refractivity contribution in [1.29, 1.82) is 0 Å². The first-order chi connectivity index (χ1) is 6.83. The van der Waals surface area contributed by atoms with E-state index in [1.54, 1.807) is 6.07 Å². The van der Waals surface area contributed by atoms with Crippen molar-refractivity contribution < 1.29 is 17.0 Å². The van der Waals surface area contributed by atoms with Crippen molar-refractivity contribution in [2.75, 3.05) is 14.1 Å². The molecule has 84 valence electrons. The lowest BCUT2D eigenvalue weighted by Gasteiger charge is -2.12. The molecule has 0 aliphatic carbocycles. The summed E-state index contributed by atoms with van der Waals surface area (Å²) in [6.07, 6.45) is 0. The predicted octanol–water partition coefficient (Wildman–Crippen LogP) is 1.62. The molecule has 0 aliphatic heterocycles. The maximum atomic E-state index is 13.2. The Balaban J connectivity index is 3.01. The summed E-state index contributed by atoms with van der Waals surface area (Å²) in [4.78, 5) is 0. The summed E-state index contributed by atoms with van der Waals surface area (Å²) >= 11 is 1.92. The smallest absolute Gasteiger partial charge is 0.368 e. The highest BCUT2D eigenvalue weighted by atomic mass is 127. The van der Waals surface area contributed by atoms with E-state index < -0.39 is 16.1 Å². The van der Waals surface area contributed by atoms with Crippen LogP contribution in [-0.2, 0) is 10.3 Å². The summed E-state index contributed by atoms with van der Waals surface area (Å²) in [7, 11) is -1.28. The summed E-state index contributed by atoms with van der Waals surface area (Å²) in [5.41, 5.74) is 0. The number of benzene rings is 1. The Bertz CT molecular complexity index is 461. The molecule has 4 nitrogen and oxygen atoms in total. The van der Waals surface area contributed by atoms with E-state index in [-0.39, 0.29) is 5.75 Å². The monoisotopic (exact) mass is 345 g/mol. The maximum absolute atomic E-state index is 13.2. The second-order valence-electron chi connectivity index (χ2n) is 2.90. The zero-order chi connectivity index (χ0) is 11.6. The number of nitrogens with zero attached hydrogens (tertiary/aromatic N) is 1. The average molecular weight is 345 g/mol. The Morgan fingerprint density at radius 3 is 2.47 bits per heavy atom. The van der Waals surface area contributed by atoms with E-state index in [2.05, 4.69) is 4.18 Å². The molecule has 0 saturated heterocycles. The van der Waals surface area contributed by atoms with Crippen molar-refractivity contribution in [2.45, 2.75) is 0 Å². The van der Waals surface area contributed by atoms with Gasteiger partial charge in [-0.25, -0.2) is 4.39 Å². The number of hydrogen-bond acceptors (Lipinski definition) is 3. The van der Waals surface area contributed by atoms with E-state index in [0.29, 0.717) is 3.57 Å². The average Bonchev–Trinajstić information content (AvgIpc) is 2.09. The van der Waals surface area contributed by atoms with Gasteiger partial charge in [0, 0.05) is 17.7 Å². The Morgan fingerprint density at radius 1 is 1.40 bits per heavy atom. The molecule has 0 heterocycles. The lowest BCUT2D eigenvalue weighted by atomic mass is 10.3. The minimum absolute atomic E-state index is 0.302. The second-order valence-corrected chi connectivity index (χ2v) is 5.90. The molecule has 0 amide bonds. The molecule has 0 atom stereocenters. The van der Waals surface area contributed by atoms with Crippen LogP contribution in [0.3, 0.4) is 0 Å². The van der Waals surface area contributed by atoms with E-state index in [1.165, 1.54) is 26.2 Å². The summed E-state index contributed by atoms with van der Waals surface area (Å²) in [6, 6.07) is 4.03. The van der Waals surface area contributed by atoms with Crippen LogP contribution in [0.2, 0.25) is 0 Å². The molecule has 0 spiro atoms. The second kappa shape index (κ2) is 4.62. The predicted molar refractivity (Wildman–Crippen MR) is 62.4 cm³/mol. The van der Waals surface area contributed by atoms with Crippen molar-refractivity contribution in [3.05, 3.63) is 27.6 Å². The third-order valence-electron chi connectivity index (χ3n) is 1.54. The molecule has 0 unspecified atom stereocenters. The van der Waals surface area contributed by atoms with Gasteiger partial charge in [-0.1, -0.05) is 0 Å². The van der Waals surface area contributed by atoms with E-state index >= 15 is 0 Å². The lowest BCUT2D eigenvalue weighted by Crippen LogP contribution is -2.27. The fourth-order valence-electron chi connectivity index (χ4n) is 0.731. The molecule has 0 aliphatic rings. The normalized spacial score (nSPS) is 11.8. The van der Waals surface area contributed by atoms with Crippen molar-refractivity contribution in [3.8, 4) is 5.75 Å². The van der Waals surface area contributed by atoms with Crippen LogP contribution in [0.5, 0.6) is 5.75 Å². The van der Waals surface area contributed by atoms with Gasteiger partial charge in [-0.15, -0.1) is 0 Å². The molecule has 7 heteroatoms. The van der Waals surface area contributed by atoms with Gasteiger partial charge in [0.15, 0.2) is 11.6 Å². The van der Waals surface area contributed by atoms with Gasteiger partial charge in [0.25, 0.3) is 0 Å². The minimum atomic E-state index is -3.90. The van der Waals surface area contributed by atoms with Crippen molar-refractivity contribution >= 4 is 32.9 Å². The fraction of sp³-hybridized carbons (Fsp3) is 0.250. The van der Waals surface area contributed by atoms with Gasteiger partial charge in [0.2, 0.25) is 0 Å². The van der Waals surface area contributed by atoms with Crippen LogP contribution in [0, 0.1) is 9.39 Å². The van der Waals surface area contributed by atoms with Gasteiger partial charge in [-0.3, -0.25) is 0 Å². The largest absolute Gasteiger partial charge is 0.384 e. The highest BCUT2D eigenvalue weighted by Crippen LogP contribution is 2.21. The minimum Gasteiger partial charge on any atom is -0.368 e. The molecule has 0 N–H and O–H groups in total. The SMILES string of the molecule is CN(C)S(=O)(=O)Oc1ccc(I)cc1F. The van der Waals surface area contributed by atoms with Crippen LogP contribution in [0.1, 0.15) is 0 Å². The quantitative estimate of drug-likeness (QED) is 0.783. The topological polar surface area (TPSA) is 46.6 Å². The first-order valence-corrected chi connectivity index (χ1v) is 6.34. The first kappa shape index (κ1) is 12.7. The van der Waals surface area contributed by atoms with Crippen LogP contribution in [0.25, 0.3) is 0 Å². The van der Waals surface area contributed by atoms with Crippen LogP contribution >= 0.6 is 22.6 Å². The van der Waals surface area contributed by atoms with E-state index in [1.807, 2.05) is 22.6 Å². The molecule has 0 radical (unpaired) electrons. The van der Waals surface area contributed by atoms with E-state index in [0.717, 1.165) is 4.31 Å². The van der Waals surface area contributed by atoms with Crippen LogP contribution in [0.15, 0.2) is 18.2 Å². The third-order valence-corrected chi connectivity index (χ3v) is 3.49. The standard InChI is InChI=1S/C8H9FINO3S/c1-11(2)15(12,13)14-8-4-3-6(10)5-7(8)9/h3-5H,1-2H3. The summed E-state index contributed by atoms with van der Waals surface area (Å²) in [6.45, 7) is 0. The van der Waals surface area contributed by atoms with Gasteiger partial charge in [-0.2, -0.15) is 12.7 Å². The molecule has 1 aromatic carbocycles. The van der Waals surface area contributed by atoms with Crippen LogP contribution in [-0.4, -0.2) is 26.8 Å². The Kier molecular flexibility index (Phi) is 3.90. The molecule has 1 aromatic rings. The zero-order valence-electron chi connectivity index (χ0n) is 8.07. The molecule has 0 saturated carbocycles. The molecule has 0 bridgehead atoms. The van der Waals surface area contributed by atoms with E-state index in [4.69, 9.17) is 0 Å². The highest BCUT2D eigenvalue weighted by molar-refractivity contribution is 14.1. The summed E-state index contributed by atoms with van der Waals surface area (Å²) in [5.74, 6) is -1.00. The third kappa shape index (κ3) is 3.28. The summed E-state index contributed by atoms with van der Waals surface area (Å²) < 4.78 is 41.9. The van der Waals surface area contributed by atoms with Gasteiger partial charge in [0.1, 0.15) is 0 Å².